The Hall–Kier alpha value is -2.80. The fraction of sp³-hybridized carbons (Fsp3) is 0.633. The SMILES string of the molecule is CCCC(CCC)COC(=O)[C@H](C)NP(=O)(OC[C@H]1O[C@@H](n2ccc(N)nc2=O)[C@]2(C)OC(C)(C)O[C@H]12)Oc1ccccc1. The number of para-hydroxylation sites is 1. The third-order valence-electron chi connectivity index (χ3n) is 7.62. The van der Waals surface area contributed by atoms with Gasteiger partial charge in [-0.2, -0.15) is 10.1 Å². The zero-order valence-electron chi connectivity index (χ0n) is 26.3. The van der Waals surface area contributed by atoms with Crippen molar-refractivity contribution in [1.29, 1.82) is 0 Å². The van der Waals surface area contributed by atoms with Gasteiger partial charge in [-0.3, -0.25) is 13.9 Å². The number of carbonyl (C=O) groups is 1. The van der Waals surface area contributed by atoms with Crippen molar-refractivity contribution in [3.05, 3.63) is 53.1 Å². The Bertz CT molecular complexity index is 1370. The first-order chi connectivity index (χ1) is 20.8. The first-order valence-corrected chi connectivity index (χ1v) is 16.6. The minimum absolute atomic E-state index is 0.0683. The van der Waals surface area contributed by atoms with E-state index >= 15 is 0 Å². The van der Waals surface area contributed by atoms with Crippen LogP contribution in [-0.4, -0.2) is 58.4 Å². The minimum atomic E-state index is -4.20. The lowest BCUT2D eigenvalue weighted by Crippen LogP contribution is -2.45. The minimum Gasteiger partial charge on any atom is -0.464 e. The Balaban J connectivity index is 1.52. The summed E-state index contributed by atoms with van der Waals surface area (Å²) in [5, 5.41) is 2.73. The number of anilines is 1. The molecule has 1 unspecified atom stereocenters. The van der Waals surface area contributed by atoms with E-state index in [1.165, 1.54) is 23.8 Å². The van der Waals surface area contributed by atoms with E-state index in [0.717, 1.165) is 25.7 Å². The van der Waals surface area contributed by atoms with Crippen LogP contribution in [0.5, 0.6) is 5.75 Å². The van der Waals surface area contributed by atoms with Crippen LogP contribution in [0.25, 0.3) is 0 Å². The molecule has 0 bridgehead atoms. The zero-order valence-corrected chi connectivity index (χ0v) is 27.2. The van der Waals surface area contributed by atoms with Crippen LogP contribution in [0.3, 0.4) is 0 Å². The summed E-state index contributed by atoms with van der Waals surface area (Å²) >= 11 is 0. The number of nitrogens with zero attached hydrogens (tertiary/aromatic N) is 2. The molecule has 3 N–H and O–H groups in total. The number of benzene rings is 1. The number of hydrogen-bond donors (Lipinski definition) is 2. The van der Waals surface area contributed by atoms with Gasteiger partial charge in [-0.05, 0) is 64.7 Å². The molecule has 2 saturated heterocycles. The van der Waals surface area contributed by atoms with Crippen LogP contribution in [-0.2, 0) is 32.8 Å². The number of rotatable bonds is 15. The summed E-state index contributed by atoms with van der Waals surface area (Å²) in [4.78, 5) is 29.5. The van der Waals surface area contributed by atoms with E-state index in [4.69, 9.17) is 33.7 Å². The van der Waals surface area contributed by atoms with Crippen molar-refractivity contribution in [3.63, 3.8) is 0 Å². The van der Waals surface area contributed by atoms with Crippen molar-refractivity contribution in [2.45, 2.75) is 103 Å². The van der Waals surface area contributed by atoms with Crippen molar-refractivity contribution in [1.82, 2.24) is 14.6 Å². The average Bonchev–Trinajstić information content (AvgIpc) is 3.36. The first kappa shape index (κ1) is 34.1. The third kappa shape index (κ3) is 8.07. The molecule has 1 aromatic heterocycles. The number of esters is 1. The Morgan fingerprint density at radius 2 is 1.84 bits per heavy atom. The molecule has 0 saturated carbocycles. The number of nitrogens with one attached hydrogen (secondary N) is 1. The van der Waals surface area contributed by atoms with Gasteiger partial charge in [-0.1, -0.05) is 44.9 Å². The number of nitrogen functional groups attached to an aromatic ring is 1. The fourth-order valence-electron chi connectivity index (χ4n) is 5.74. The lowest BCUT2D eigenvalue weighted by Gasteiger charge is -2.30. The highest BCUT2D eigenvalue weighted by atomic mass is 31.2. The number of aromatic nitrogens is 2. The normalized spacial score (nSPS) is 26.2. The van der Waals surface area contributed by atoms with Crippen molar-refractivity contribution in [2.75, 3.05) is 18.9 Å². The summed E-state index contributed by atoms with van der Waals surface area (Å²) in [5.41, 5.74) is 3.93. The van der Waals surface area contributed by atoms with E-state index in [1.807, 2.05) is 0 Å². The van der Waals surface area contributed by atoms with Crippen LogP contribution in [0.4, 0.5) is 5.82 Å². The third-order valence-corrected chi connectivity index (χ3v) is 9.26. The Labute approximate surface area is 258 Å². The molecule has 0 radical (unpaired) electrons. The molecule has 2 fully saturated rings. The summed E-state index contributed by atoms with van der Waals surface area (Å²) in [6.45, 7) is 11.0. The van der Waals surface area contributed by atoms with Gasteiger partial charge < -0.3 is 29.2 Å². The van der Waals surface area contributed by atoms with Gasteiger partial charge in [-0.25, -0.2) is 9.36 Å². The molecule has 6 atom stereocenters. The smallest absolute Gasteiger partial charge is 0.459 e. The van der Waals surface area contributed by atoms with Crippen LogP contribution in [0.2, 0.25) is 0 Å². The Morgan fingerprint density at radius 1 is 1.16 bits per heavy atom. The lowest BCUT2D eigenvalue weighted by atomic mass is 9.96. The van der Waals surface area contributed by atoms with E-state index in [-0.39, 0.29) is 30.7 Å². The molecule has 14 heteroatoms. The standard InChI is InChI=1S/C30H45N4O9P/c1-7-12-21(13-8-2)18-38-26(35)20(3)33-44(37,42-22-14-10-9-11-15-22)39-19-23-25-30(6,43-29(4,5)41-25)27(40-23)34-17-16-24(31)32-28(34)36/h9-11,14-17,20-21,23,25,27H,7-8,12-13,18-19H2,1-6H3,(H,33,37)(H2,31,32,36)/t20-,23+,25+,27+,30+,44?/m0/s1. The molecule has 44 heavy (non-hydrogen) atoms. The predicted molar refractivity (Wildman–Crippen MR) is 163 cm³/mol. The molecule has 244 valence electrons. The highest BCUT2D eigenvalue weighted by Gasteiger charge is 2.64. The summed E-state index contributed by atoms with van der Waals surface area (Å²) in [5.74, 6) is -0.992. The second kappa shape index (κ2) is 14.1. The molecule has 1 aromatic carbocycles. The lowest BCUT2D eigenvalue weighted by molar-refractivity contribution is -0.217. The molecule has 3 heterocycles. The van der Waals surface area contributed by atoms with Gasteiger partial charge in [-0.15, -0.1) is 0 Å². The molecular formula is C30H45N4O9P. The molecule has 0 spiro atoms. The van der Waals surface area contributed by atoms with Crippen LogP contribution >= 0.6 is 7.75 Å². The molecule has 2 aliphatic heterocycles. The van der Waals surface area contributed by atoms with Gasteiger partial charge in [0.1, 0.15) is 35.4 Å². The maximum Gasteiger partial charge on any atom is 0.459 e. The summed E-state index contributed by atoms with van der Waals surface area (Å²) in [7, 11) is -4.20. The average molecular weight is 637 g/mol. The summed E-state index contributed by atoms with van der Waals surface area (Å²) in [6, 6.07) is 8.94. The quantitative estimate of drug-likeness (QED) is 0.207. The second-order valence-corrected chi connectivity index (χ2v) is 13.6. The van der Waals surface area contributed by atoms with Crippen LogP contribution in [0.1, 0.15) is 73.5 Å². The number of hydrogen-bond acceptors (Lipinski definition) is 11. The Kier molecular flexibility index (Phi) is 10.9. The first-order valence-electron chi connectivity index (χ1n) is 15.1. The maximum absolute atomic E-state index is 14.2. The van der Waals surface area contributed by atoms with Gasteiger partial charge in [0.2, 0.25) is 0 Å². The van der Waals surface area contributed by atoms with Gasteiger partial charge in [0.25, 0.3) is 0 Å². The number of carbonyl (C=O) groups excluding carboxylic acids is 1. The van der Waals surface area contributed by atoms with Gasteiger partial charge >= 0.3 is 19.4 Å². The van der Waals surface area contributed by atoms with Gasteiger partial charge in [0, 0.05) is 6.20 Å². The van der Waals surface area contributed by atoms with E-state index < -0.39 is 55.3 Å². The predicted octanol–water partition coefficient (Wildman–Crippen LogP) is 4.57. The number of ether oxygens (including phenoxy) is 4. The number of nitrogens with two attached hydrogens (primary N) is 1. The van der Waals surface area contributed by atoms with Crippen molar-refractivity contribution in [3.8, 4) is 5.75 Å². The van der Waals surface area contributed by atoms with E-state index in [9.17, 15) is 14.2 Å². The molecule has 0 amide bonds. The molecule has 2 aromatic rings. The fourth-order valence-corrected chi connectivity index (χ4v) is 7.24. The number of fused-ring (bicyclic) bond motifs is 1. The van der Waals surface area contributed by atoms with Gasteiger partial charge in [0.05, 0.1) is 13.2 Å². The molecule has 13 nitrogen and oxygen atoms in total. The topological polar surface area (TPSA) is 162 Å². The van der Waals surface area contributed by atoms with E-state index in [2.05, 4.69) is 23.9 Å². The van der Waals surface area contributed by atoms with Crippen molar-refractivity contribution < 1.29 is 37.4 Å². The largest absolute Gasteiger partial charge is 0.464 e. The van der Waals surface area contributed by atoms with Crippen molar-refractivity contribution in [2.24, 2.45) is 5.92 Å². The highest BCUT2D eigenvalue weighted by molar-refractivity contribution is 7.52. The molecule has 0 aliphatic carbocycles. The van der Waals surface area contributed by atoms with E-state index in [1.54, 1.807) is 51.1 Å². The second-order valence-electron chi connectivity index (χ2n) is 11.9. The van der Waals surface area contributed by atoms with Crippen LogP contribution in [0, 0.1) is 5.92 Å². The van der Waals surface area contributed by atoms with Crippen LogP contribution in [0.15, 0.2) is 47.4 Å². The maximum atomic E-state index is 14.2. The summed E-state index contributed by atoms with van der Waals surface area (Å²) in [6.07, 6.45) is 2.81. The van der Waals surface area contributed by atoms with Gasteiger partial charge in [0.15, 0.2) is 12.0 Å². The molecule has 4 rings (SSSR count). The van der Waals surface area contributed by atoms with Crippen LogP contribution < -0.4 is 21.0 Å². The molecular weight excluding hydrogens is 591 g/mol. The molecule has 2 aliphatic rings. The summed E-state index contributed by atoms with van der Waals surface area (Å²) < 4.78 is 51.4. The monoisotopic (exact) mass is 636 g/mol. The highest BCUT2D eigenvalue weighted by Crippen LogP contribution is 2.52. The van der Waals surface area contributed by atoms with E-state index in [0.29, 0.717) is 0 Å². The Morgan fingerprint density at radius 3 is 2.48 bits per heavy atom. The van der Waals surface area contributed by atoms with Crippen molar-refractivity contribution >= 4 is 19.5 Å². The zero-order chi connectivity index (χ0) is 32.1.